The van der Waals surface area contributed by atoms with Gasteiger partial charge < -0.3 is 33.8 Å². The van der Waals surface area contributed by atoms with E-state index in [9.17, 15) is 43.2 Å². The van der Waals surface area contributed by atoms with Crippen LogP contribution < -0.4 is 0 Å². The molecule has 0 saturated carbocycles. The van der Waals surface area contributed by atoms with E-state index in [4.69, 9.17) is 37.0 Å². The van der Waals surface area contributed by atoms with Crippen LogP contribution in [0.4, 0.5) is 0 Å². The van der Waals surface area contributed by atoms with Gasteiger partial charge in [-0.3, -0.25) is 37.3 Å². The molecule has 2 unspecified atom stereocenters. The number of esters is 4. The van der Waals surface area contributed by atoms with Crippen LogP contribution in [0.25, 0.3) is 0 Å². The SMILES string of the molecule is CCCCCC/C=C\C=C/CCCCCCCC(=O)O[C@H](COC(=O)CCCCCCCCCCCCCC(C)C)COP(=O)(O)OC[C@@H](O)COP(=O)(O)OC[C@@H](COC(=O)CCCCCCCCCCCC)OC(=O)CCCCCCCCCCCC. The van der Waals surface area contributed by atoms with Gasteiger partial charge in [-0.25, -0.2) is 9.13 Å². The quantitative estimate of drug-likeness (QED) is 0.0169. The Labute approximate surface area is 542 Å². The molecule has 0 aromatic rings. The Bertz CT molecular complexity index is 1810. The molecule has 0 spiro atoms. The zero-order chi connectivity index (χ0) is 65.6. The molecule has 0 aliphatic heterocycles. The van der Waals surface area contributed by atoms with Crippen molar-refractivity contribution >= 4 is 39.5 Å². The second kappa shape index (κ2) is 63.0. The predicted octanol–water partition coefficient (Wildman–Crippen LogP) is 19.7. The van der Waals surface area contributed by atoms with Gasteiger partial charge in [0.05, 0.1) is 26.4 Å². The third-order valence-corrected chi connectivity index (χ3v) is 17.6. The number of aliphatic hydroxyl groups excluding tert-OH is 1. The zero-order valence-corrected chi connectivity index (χ0v) is 58.8. The minimum Gasteiger partial charge on any atom is -0.462 e. The Morgan fingerprint density at radius 1 is 0.348 bits per heavy atom. The summed E-state index contributed by atoms with van der Waals surface area (Å²) in [7, 11) is -9.91. The van der Waals surface area contributed by atoms with Crippen molar-refractivity contribution < 1.29 is 80.2 Å². The first-order valence-corrected chi connectivity index (χ1v) is 38.9. The molecule has 0 bridgehead atoms. The molecule has 0 aromatic heterocycles. The molecule has 0 heterocycles. The molecule has 0 amide bonds. The van der Waals surface area contributed by atoms with Gasteiger partial charge in [-0.05, 0) is 57.3 Å². The smallest absolute Gasteiger partial charge is 0.462 e. The van der Waals surface area contributed by atoms with Crippen molar-refractivity contribution in [3.05, 3.63) is 24.3 Å². The minimum absolute atomic E-state index is 0.0851. The second-order valence-electron chi connectivity index (χ2n) is 25.1. The average molecular weight is 1310 g/mol. The van der Waals surface area contributed by atoms with Crippen molar-refractivity contribution in [2.24, 2.45) is 5.92 Å². The highest BCUT2D eigenvalue weighted by Crippen LogP contribution is 2.45. The third kappa shape index (κ3) is 64.1. The Hall–Kier alpha value is -2.46. The summed E-state index contributed by atoms with van der Waals surface area (Å²) in [5, 5.41) is 10.6. The molecule has 89 heavy (non-hydrogen) atoms. The number of carbonyl (C=O) groups excluding carboxylic acids is 4. The van der Waals surface area contributed by atoms with Crippen molar-refractivity contribution in [1.82, 2.24) is 0 Å². The molecule has 3 N–H and O–H groups in total. The number of rotatable bonds is 68. The standard InChI is InChI=1S/C70H132O17P2/c1-6-9-12-15-18-21-24-25-26-27-30-36-41-46-51-56-70(75)87-66(60-81-68(73)54-49-44-39-35-31-28-29-32-37-42-47-52-63(4)5)62-85-89(78,79)83-58-64(71)57-82-88(76,77)84-61-65(86-69(74)55-50-45-40-34-23-20-17-14-11-8-3)59-80-67(72)53-48-43-38-33-22-19-16-13-10-7-2/h21,24-26,63-66,71H,6-20,22-23,27-62H2,1-5H3,(H,76,77)(H,78,79)/b24-21-,26-25-/t64-,65+,66+/m0/s1. The van der Waals surface area contributed by atoms with E-state index < -0.39 is 97.5 Å². The highest BCUT2D eigenvalue weighted by molar-refractivity contribution is 7.47. The van der Waals surface area contributed by atoms with E-state index in [0.29, 0.717) is 25.7 Å². The normalized spacial score (nSPS) is 14.3. The number of ether oxygens (including phenoxy) is 4. The predicted molar refractivity (Wildman–Crippen MR) is 358 cm³/mol. The fourth-order valence-electron chi connectivity index (χ4n) is 10.1. The summed E-state index contributed by atoms with van der Waals surface area (Å²) in [5.74, 6) is -1.38. The highest BCUT2D eigenvalue weighted by atomic mass is 31.2. The Morgan fingerprint density at radius 3 is 0.921 bits per heavy atom. The van der Waals surface area contributed by atoms with E-state index in [-0.39, 0.29) is 25.7 Å². The van der Waals surface area contributed by atoms with Crippen molar-refractivity contribution in [2.75, 3.05) is 39.6 Å². The molecule has 0 aliphatic rings. The zero-order valence-electron chi connectivity index (χ0n) is 57.0. The largest absolute Gasteiger partial charge is 0.472 e. The lowest BCUT2D eigenvalue weighted by Crippen LogP contribution is -2.30. The molecule has 19 heteroatoms. The molecular formula is C70H132O17P2. The van der Waals surface area contributed by atoms with Crippen LogP contribution in [0, 0.1) is 5.92 Å². The number of aliphatic hydroxyl groups is 1. The first kappa shape index (κ1) is 86.5. The Balaban J connectivity index is 5.27. The van der Waals surface area contributed by atoms with Gasteiger partial charge in [0.1, 0.15) is 19.3 Å². The molecule has 0 radical (unpaired) electrons. The van der Waals surface area contributed by atoms with Crippen molar-refractivity contribution in [1.29, 1.82) is 0 Å². The summed E-state index contributed by atoms with van der Waals surface area (Å²) < 4.78 is 68.2. The maximum Gasteiger partial charge on any atom is 0.472 e. The van der Waals surface area contributed by atoms with Gasteiger partial charge in [-0.2, -0.15) is 0 Å². The first-order valence-electron chi connectivity index (χ1n) is 36.0. The molecule has 0 fully saturated rings. The van der Waals surface area contributed by atoms with E-state index in [1.807, 2.05) is 0 Å². The third-order valence-electron chi connectivity index (χ3n) is 15.7. The van der Waals surface area contributed by atoms with Gasteiger partial charge in [0, 0.05) is 25.7 Å². The lowest BCUT2D eigenvalue weighted by molar-refractivity contribution is -0.161. The molecule has 17 nitrogen and oxygen atoms in total. The Morgan fingerprint density at radius 2 is 0.607 bits per heavy atom. The maximum absolute atomic E-state index is 13.0. The second-order valence-corrected chi connectivity index (χ2v) is 28.0. The van der Waals surface area contributed by atoms with E-state index in [1.54, 1.807) is 0 Å². The fourth-order valence-corrected chi connectivity index (χ4v) is 11.7. The van der Waals surface area contributed by atoms with Crippen LogP contribution >= 0.6 is 15.6 Å². The van der Waals surface area contributed by atoms with Gasteiger partial charge in [0.25, 0.3) is 0 Å². The van der Waals surface area contributed by atoms with Crippen molar-refractivity contribution in [2.45, 2.75) is 355 Å². The number of carbonyl (C=O) groups is 4. The van der Waals surface area contributed by atoms with E-state index in [2.05, 4.69) is 58.9 Å². The van der Waals surface area contributed by atoms with Crippen LogP contribution in [0.2, 0.25) is 0 Å². The number of allylic oxidation sites excluding steroid dienone is 4. The highest BCUT2D eigenvalue weighted by Gasteiger charge is 2.30. The fraction of sp³-hybridized carbons (Fsp3) is 0.886. The summed E-state index contributed by atoms with van der Waals surface area (Å²) >= 11 is 0. The summed E-state index contributed by atoms with van der Waals surface area (Å²) in [6, 6.07) is 0. The van der Waals surface area contributed by atoms with Crippen LogP contribution in [-0.2, 0) is 65.4 Å². The van der Waals surface area contributed by atoms with E-state index in [1.165, 1.54) is 148 Å². The molecular weight excluding hydrogens is 1170 g/mol. The average Bonchev–Trinajstić information content (AvgIpc) is 3.58. The molecule has 0 saturated heterocycles. The van der Waals surface area contributed by atoms with Crippen LogP contribution in [-0.4, -0.2) is 96.7 Å². The lowest BCUT2D eigenvalue weighted by Gasteiger charge is -2.21. The molecule has 0 aliphatic carbocycles. The number of unbranched alkanes of at least 4 members (excludes halogenated alkanes) is 37. The van der Waals surface area contributed by atoms with Gasteiger partial charge in [-0.1, -0.05) is 284 Å². The summed E-state index contributed by atoms with van der Waals surface area (Å²) in [6.07, 6.45) is 52.0. The number of phosphoric ester groups is 2. The minimum atomic E-state index is -4.96. The summed E-state index contributed by atoms with van der Waals surface area (Å²) in [6.45, 7) is 7.16. The van der Waals surface area contributed by atoms with Crippen LogP contribution in [0.15, 0.2) is 24.3 Å². The van der Waals surface area contributed by atoms with Crippen LogP contribution in [0.5, 0.6) is 0 Å². The molecule has 0 rings (SSSR count). The topological polar surface area (TPSA) is 237 Å². The lowest BCUT2D eigenvalue weighted by atomic mass is 10.0. The molecule has 5 atom stereocenters. The van der Waals surface area contributed by atoms with Crippen molar-refractivity contribution in [3.63, 3.8) is 0 Å². The number of phosphoric acid groups is 2. The molecule has 524 valence electrons. The van der Waals surface area contributed by atoms with Crippen LogP contribution in [0.3, 0.4) is 0 Å². The first-order chi connectivity index (χ1) is 43.0. The molecule has 0 aromatic carbocycles. The summed E-state index contributed by atoms with van der Waals surface area (Å²) in [4.78, 5) is 72.5. The van der Waals surface area contributed by atoms with Crippen LogP contribution in [0.1, 0.15) is 336 Å². The number of hydrogen-bond acceptors (Lipinski definition) is 15. The summed E-state index contributed by atoms with van der Waals surface area (Å²) in [5.41, 5.74) is 0. The van der Waals surface area contributed by atoms with Crippen molar-refractivity contribution in [3.8, 4) is 0 Å². The van der Waals surface area contributed by atoms with Gasteiger partial charge in [0.2, 0.25) is 0 Å². The van der Waals surface area contributed by atoms with E-state index >= 15 is 0 Å². The van der Waals surface area contributed by atoms with Gasteiger partial charge in [0.15, 0.2) is 12.2 Å². The van der Waals surface area contributed by atoms with E-state index in [0.717, 1.165) is 109 Å². The van der Waals surface area contributed by atoms with Gasteiger partial charge >= 0.3 is 39.5 Å². The monoisotopic (exact) mass is 1310 g/mol. The Kier molecular flexibility index (Phi) is 61.2. The maximum atomic E-state index is 13.0. The van der Waals surface area contributed by atoms with Gasteiger partial charge in [-0.15, -0.1) is 0 Å². The number of hydrogen-bond donors (Lipinski definition) is 3.